The van der Waals surface area contributed by atoms with Crippen LogP contribution in [-0.4, -0.2) is 23.9 Å². The van der Waals surface area contributed by atoms with E-state index in [1.807, 2.05) is 30.3 Å². The molecule has 0 aliphatic carbocycles. The molecule has 4 nitrogen and oxygen atoms in total. The largest absolute Gasteiger partial charge is 0.465 e. The molecule has 0 saturated carbocycles. The van der Waals surface area contributed by atoms with Crippen molar-refractivity contribution in [2.24, 2.45) is 0 Å². The van der Waals surface area contributed by atoms with E-state index < -0.39 is 5.97 Å². The molecule has 5 heteroatoms. The number of hydrogen-bond donors (Lipinski definition) is 0. The molecule has 134 valence electrons. The van der Waals surface area contributed by atoms with E-state index >= 15 is 0 Å². The first-order chi connectivity index (χ1) is 12.6. The number of nitrogens with zero attached hydrogens (tertiary/aromatic N) is 1. The lowest BCUT2D eigenvalue weighted by atomic mass is 10.1. The molecule has 26 heavy (non-hydrogen) atoms. The Labute approximate surface area is 157 Å². The van der Waals surface area contributed by atoms with E-state index in [1.54, 1.807) is 12.1 Å². The van der Waals surface area contributed by atoms with Gasteiger partial charge >= 0.3 is 5.97 Å². The smallest absolute Gasteiger partial charge is 0.337 e. The molecule has 0 saturated heterocycles. The van der Waals surface area contributed by atoms with Crippen molar-refractivity contribution in [1.82, 2.24) is 4.57 Å². The molecule has 0 amide bonds. The van der Waals surface area contributed by atoms with Gasteiger partial charge in [-0.3, -0.25) is 4.79 Å². The minimum atomic E-state index is -0.401. The van der Waals surface area contributed by atoms with Gasteiger partial charge in [0.1, 0.15) is 0 Å². The molecule has 3 aromatic rings. The summed E-state index contributed by atoms with van der Waals surface area (Å²) in [5, 5.41) is 1.51. The molecule has 0 aliphatic rings. The van der Waals surface area contributed by atoms with Gasteiger partial charge in [0, 0.05) is 28.2 Å². The number of rotatable bonds is 6. The Morgan fingerprint density at radius 3 is 2.65 bits per heavy atom. The SMILES string of the molecule is CCCc1c(C=O)c2ccc(C(=O)OC)cc2n1Cc1ccccc1Cl. The fraction of sp³-hybridized carbons (Fsp3) is 0.238. The number of carbonyl (C=O) groups is 2. The zero-order chi connectivity index (χ0) is 18.7. The van der Waals surface area contributed by atoms with Gasteiger partial charge in [-0.15, -0.1) is 0 Å². The Hall–Kier alpha value is -2.59. The van der Waals surface area contributed by atoms with Crippen LogP contribution >= 0.6 is 11.6 Å². The van der Waals surface area contributed by atoms with Gasteiger partial charge in [0.05, 0.1) is 18.2 Å². The topological polar surface area (TPSA) is 48.3 Å². The zero-order valence-corrected chi connectivity index (χ0v) is 15.5. The molecule has 0 atom stereocenters. The molecule has 1 heterocycles. The van der Waals surface area contributed by atoms with E-state index in [0.29, 0.717) is 22.7 Å². The Kier molecular flexibility index (Phi) is 5.43. The highest BCUT2D eigenvalue weighted by Crippen LogP contribution is 2.29. The predicted molar refractivity (Wildman–Crippen MR) is 103 cm³/mol. The summed E-state index contributed by atoms with van der Waals surface area (Å²) < 4.78 is 6.91. The quantitative estimate of drug-likeness (QED) is 0.459. The Morgan fingerprint density at radius 1 is 1.23 bits per heavy atom. The van der Waals surface area contributed by atoms with Crippen molar-refractivity contribution in [1.29, 1.82) is 0 Å². The Bertz CT molecular complexity index is 975. The maximum absolute atomic E-state index is 11.9. The third-order valence-electron chi connectivity index (χ3n) is 4.53. The van der Waals surface area contributed by atoms with Crippen LogP contribution in [0.4, 0.5) is 0 Å². The van der Waals surface area contributed by atoms with Crippen molar-refractivity contribution in [2.75, 3.05) is 7.11 Å². The summed E-state index contributed by atoms with van der Waals surface area (Å²) >= 11 is 6.34. The molecule has 3 rings (SSSR count). The molecule has 1 aromatic heterocycles. The van der Waals surface area contributed by atoms with Crippen LogP contribution in [-0.2, 0) is 17.7 Å². The molecule has 0 N–H and O–H groups in total. The van der Waals surface area contributed by atoms with Gasteiger partial charge < -0.3 is 9.30 Å². The molecule has 0 radical (unpaired) electrons. The van der Waals surface area contributed by atoms with Crippen molar-refractivity contribution in [3.05, 3.63) is 69.9 Å². The van der Waals surface area contributed by atoms with Gasteiger partial charge in [0.25, 0.3) is 0 Å². The van der Waals surface area contributed by atoms with Crippen LogP contribution in [0, 0.1) is 0 Å². The first kappa shape index (κ1) is 18.2. The molecule has 2 aromatic carbocycles. The van der Waals surface area contributed by atoms with Crippen molar-refractivity contribution >= 4 is 34.8 Å². The lowest BCUT2D eigenvalue weighted by molar-refractivity contribution is 0.0601. The number of fused-ring (bicyclic) bond motifs is 1. The van der Waals surface area contributed by atoms with Gasteiger partial charge in [-0.05, 0) is 30.2 Å². The highest BCUT2D eigenvalue weighted by Gasteiger charge is 2.19. The number of carbonyl (C=O) groups excluding carboxylic acids is 2. The second-order valence-electron chi connectivity index (χ2n) is 6.13. The van der Waals surface area contributed by atoms with Gasteiger partial charge in [0.2, 0.25) is 0 Å². The standard InChI is InChI=1S/C21H20ClNO3/c1-3-6-19-17(13-24)16-10-9-14(21(25)26-2)11-20(16)23(19)12-15-7-4-5-8-18(15)22/h4-5,7-11,13H,3,6,12H2,1-2H3. The van der Waals surface area contributed by atoms with Crippen LogP contribution < -0.4 is 0 Å². The summed E-state index contributed by atoms with van der Waals surface area (Å²) in [5.74, 6) is -0.401. The van der Waals surface area contributed by atoms with E-state index in [0.717, 1.165) is 41.3 Å². The molecular weight excluding hydrogens is 350 g/mol. The van der Waals surface area contributed by atoms with Crippen LogP contribution in [0.5, 0.6) is 0 Å². The molecule has 0 bridgehead atoms. The zero-order valence-electron chi connectivity index (χ0n) is 14.8. The fourth-order valence-electron chi connectivity index (χ4n) is 3.29. The normalized spacial score (nSPS) is 10.9. The molecule has 0 unspecified atom stereocenters. The Balaban J connectivity index is 2.25. The van der Waals surface area contributed by atoms with Crippen LogP contribution in [0.2, 0.25) is 5.02 Å². The average Bonchev–Trinajstić information content (AvgIpc) is 2.95. The monoisotopic (exact) mass is 369 g/mol. The predicted octanol–water partition coefficient (Wildman–Crippen LogP) is 4.89. The molecule has 0 aliphatic heterocycles. The van der Waals surface area contributed by atoms with E-state index in [4.69, 9.17) is 16.3 Å². The third-order valence-corrected chi connectivity index (χ3v) is 4.90. The van der Waals surface area contributed by atoms with Gasteiger partial charge in [-0.1, -0.05) is 49.2 Å². The summed E-state index contributed by atoms with van der Waals surface area (Å²) in [6.07, 6.45) is 2.57. The number of hydrogen-bond acceptors (Lipinski definition) is 3. The van der Waals surface area contributed by atoms with Crippen molar-refractivity contribution in [2.45, 2.75) is 26.3 Å². The van der Waals surface area contributed by atoms with Crippen molar-refractivity contribution in [3.8, 4) is 0 Å². The van der Waals surface area contributed by atoms with E-state index in [-0.39, 0.29) is 0 Å². The third kappa shape index (κ3) is 3.25. The number of aromatic nitrogens is 1. The maximum Gasteiger partial charge on any atom is 0.337 e. The summed E-state index contributed by atoms with van der Waals surface area (Å²) in [4.78, 5) is 23.7. The molecular formula is C21H20ClNO3. The highest BCUT2D eigenvalue weighted by molar-refractivity contribution is 6.31. The van der Waals surface area contributed by atoms with Crippen molar-refractivity contribution in [3.63, 3.8) is 0 Å². The first-order valence-corrected chi connectivity index (χ1v) is 8.90. The van der Waals surface area contributed by atoms with E-state index in [1.165, 1.54) is 7.11 Å². The summed E-state index contributed by atoms with van der Waals surface area (Å²) in [7, 11) is 1.36. The van der Waals surface area contributed by atoms with Crippen molar-refractivity contribution < 1.29 is 14.3 Å². The van der Waals surface area contributed by atoms with E-state index in [2.05, 4.69) is 11.5 Å². The summed E-state index contributed by atoms with van der Waals surface area (Å²) in [6, 6.07) is 12.9. The summed E-state index contributed by atoms with van der Waals surface area (Å²) in [6.45, 7) is 2.61. The van der Waals surface area contributed by atoms with Crippen LogP contribution in [0.25, 0.3) is 10.9 Å². The van der Waals surface area contributed by atoms with Crippen LogP contribution in [0.15, 0.2) is 42.5 Å². The Morgan fingerprint density at radius 2 is 2.00 bits per heavy atom. The minimum absolute atomic E-state index is 0.401. The van der Waals surface area contributed by atoms with Crippen LogP contribution in [0.1, 0.15) is 45.3 Å². The average molecular weight is 370 g/mol. The van der Waals surface area contributed by atoms with E-state index in [9.17, 15) is 9.59 Å². The maximum atomic E-state index is 11.9. The second-order valence-corrected chi connectivity index (χ2v) is 6.54. The van der Waals surface area contributed by atoms with Gasteiger partial charge in [0.15, 0.2) is 6.29 Å². The number of aldehydes is 1. The number of ether oxygens (including phenoxy) is 1. The number of methoxy groups -OCH3 is 1. The number of benzene rings is 2. The minimum Gasteiger partial charge on any atom is -0.465 e. The molecule has 0 spiro atoms. The highest BCUT2D eigenvalue weighted by atomic mass is 35.5. The lowest BCUT2D eigenvalue weighted by Gasteiger charge is -2.12. The lowest BCUT2D eigenvalue weighted by Crippen LogP contribution is -2.07. The second kappa shape index (κ2) is 7.75. The summed E-state index contributed by atoms with van der Waals surface area (Å²) in [5.41, 5.74) is 3.88. The fourth-order valence-corrected chi connectivity index (χ4v) is 3.48. The van der Waals surface area contributed by atoms with Gasteiger partial charge in [-0.2, -0.15) is 0 Å². The number of halogens is 1. The van der Waals surface area contributed by atoms with Gasteiger partial charge in [-0.25, -0.2) is 4.79 Å². The van der Waals surface area contributed by atoms with Crippen LogP contribution in [0.3, 0.4) is 0 Å². The first-order valence-electron chi connectivity index (χ1n) is 8.52. The molecule has 0 fully saturated rings. The number of esters is 1.